The van der Waals surface area contributed by atoms with Crippen LogP contribution in [0.4, 0.5) is 11.5 Å². The molecule has 2 aromatic carbocycles. The lowest BCUT2D eigenvalue weighted by Crippen LogP contribution is -2.26. The van der Waals surface area contributed by atoms with E-state index in [0.717, 1.165) is 51.3 Å². The fourth-order valence-electron chi connectivity index (χ4n) is 4.09. The topological polar surface area (TPSA) is 85.4 Å². The summed E-state index contributed by atoms with van der Waals surface area (Å²) in [6, 6.07) is 18.1. The summed E-state index contributed by atoms with van der Waals surface area (Å²) in [5.74, 6) is 1.32. The average Bonchev–Trinajstić information content (AvgIpc) is 3.54. The lowest BCUT2D eigenvalue weighted by Gasteiger charge is -2.13. The molecule has 4 aromatic rings. The predicted molar refractivity (Wildman–Crippen MR) is 135 cm³/mol. The van der Waals surface area contributed by atoms with Gasteiger partial charge in [0.15, 0.2) is 5.82 Å². The highest BCUT2D eigenvalue weighted by atomic mass is 32.1. The highest BCUT2D eigenvalue weighted by molar-refractivity contribution is 7.17. The summed E-state index contributed by atoms with van der Waals surface area (Å²) in [6.45, 7) is 1.54. The number of hydrogen-bond acceptors (Lipinski definition) is 7. The lowest BCUT2D eigenvalue weighted by atomic mass is 10.1. The fraction of sp³-hybridized carbons (Fsp3) is 0.269. The Labute approximate surface area is 202 Å². The minimum Gasteiger partial charge on any atom is -0.377 e. The van der Waals surface area contributed by atoms with Gasteiger partial charge in [0.25, 0.3) is 5.91 Å². The molecule has 1 unspecified atom stereocenters. The third-order valence-electron chi connectivity index (χ3n) is 5.71. The van der Waals surface area contributed by atoms with Crippen molar-refractivity contribution in [1.82, 2.24) is 9.97 Å². The molecule has 1 saturated heterocycles. The number of rotatable bonds is 8. The first-order chi connectivity index (χ1) is 16.7. The molecular weight excluding hydrogens is 448 g/mol. The van der Waals surface area contributed by atoms with E-state index in [1.54, 1.807) is 18.4 Å². The molecule has 0 saturated carbocycles. The van der Waals surface area contributed by atoms with E-state index in [1.807, 2.05) is 42.5 Å². The number of nitrogens with one attached hydrogen (secondary N) is 2. The first kappa shape index (κ1) is 22.5. The first-order valence-corrected chi connectivity index (χ1v) is 12.2. The highest BCUT2D eigenvalue weighted by Gasteiger charge is 2.23. The largest absolute Gasteiger partial charge is 0.377 e. The van der Waals surface area contributed by atoms with Crippen molar-refractivity contribution in [2.75, 3.05) is 24.4 Å². The van der Waals surface area contributed by atoms with Crippen molar-refractivity contribution in [3.05, 3.63) is 71.4 Å². The molecule has 1 atom stereocenters. The molecule has 0 radical (unpaired) electrons. The predicted octanol–water partition coefficient (Wildman–Crippen LogP) is 5.23. The van der Waals surface area contributed by atoms with Gasteiger partial charge in [-0.3, -0.25) is 4.79 Å². The summed E-state index contributed by atoms with van der Waals surface area (Å²) in [5, 5.41) is 9.59. The maximum atomic E-state index is 12.4. The number of anilines is 2. The van der Waals surface area contributed by atoms with E-state index < -0.39 is 0 Å². The van der Waals surface area contributed by atoms with Crippen LogP contribution >= 0.6 is 11.3 Å². The summed E-state index contributed by atoms with van der Waals surface area (Å²) in [7, 11) is 1.64. The Morgan fingerprint density at radius 1 is 1.18 bits per heavy atom. The van der Waals surface area contributed by atoms with Gasteiger partial charge in [-0.15, -0.1) is 11.3 Å². The Morgan fingerprint density at radius 2 is 2.06 bits per heavy atom. The average molecular weight is 475 g/mol. The van der Waals surface area contributed by atoms with Gasteiger partial charge in [-0.25, -0.2) is 9.97 Å². The molecule has 1 aliphatic rings. The molecule has 7 nitrogen and oxygen atoms in total. The van der Waals surface area contributed by atoms with Gasteiger partial charge in [0.05, 0.1) is 5.39 Å². The van der Waals surface area contributed by atoms with Crippen LogP contribution in [-0.2, 0) is 27.4 Å². The van der Waals surface area contributed by atoms with Gasteiger partial charge in [-0.1, -0.05) is 42.5 Å². The van der Waals surface area contributed by atoms with Gasteiger partial charge in [-0.05, 0) is 36.1 Å². The molecule has 0 aliphatic carbocycles. The number of benzene rings is 2. The maximum Gasteiger partial charge on any atom is 0.253 e. The van der Waals surface area contributed by atoms with Crippen LogP contribution in [0.15, 0.2) is 60.0 Å². The van der Waals surface area contributed by atoms with Crippen LogP contribution in [0.5, 0.6) is 0 Å². The Bertz CT molecular complexity index is 1290. The number of fused-ring (bicyclic) bond motifs is 1. The van der Waals surface area contributed by atoms with E-state index in [2.05, 4.69) is 28.1 Å². The minimum absolute atomic E-state index is 0.0879. The smallest absolute Gasteiger partial charge is 0.253 e. The molecule has 2 N–H and O–H groups in total. The second-order valence-corrected chi connectivity index (χ2v) is 9.02. The molecule has 8 heteroatoms. The number of ether oxygens (including phenoxy) is 2. The number of hydrogen-bond donors (Lipinski definition) is 2. The molecule has 5 rings (SSSR count). The Balaban J connectivity index is 1.40. The molecule has 2 aromatic heterocycles. The zero-order chi connectivity index (χ0) is 23.3. The van der Waals surface area contributed by atoms with Crippen molar-refractivity contribution in [2.24, 2.45) is 0 Å². The van der Waals surface area contributed by atoms with Crippen LogP contribution in [0, 0.1) is 0 Å². The molecule has 1 amide bonds. The van der Waals surface area contributed by atoms with E-state index >= 15 is 0 Å². The fourth-order valence-corrected chi connectivity index (χ4v) is 5.06. The number of carbonyl (C=O) groups is 1. The Hall–Kier alpha value is -3.33. The van der Waals surface area contributed by atoms with E-state index in [-0.39, 0.29) is 12.0 Å². The molecule has 1 aliphatic heterocycles. The monoisotopic (exact) mass is 474 g/mol. The normalized spacial score (nSPS) is 15.5. The molecule has 174 valence electrons. The number of nitrogens with zero attached hydrogens (tertiary/aromatic N) is 2. The van der Waals surface area contributed by atoms with Crippen molar-refractivity contribution in [1.29, 1.82) is 0 Å². The van der Waals surface area contributed by atoms with E-state index in [4.69, 9.17) is 19.4 Å². The second kappa shape index (κ2) is 10.3. The summed E-state index contributed by atoms with van der Waals surface area (Å²) in [4.78, 5) is 22.8. The summed E-state index contributed by atoms with van der Waals surface area (Å²) < 4.78 is 10.8. The van der Waals surface area contributed by atoms with Crippen molar-refractivity contribution in [3.8, 4) is 11.1 Å². The van der Waals surface area contributed by atoms with Crippen LogP contribution < -0.4 is 10.6 Å². The third kappa shape index (κ3) is 4.94. The zero-order valence-electron chi connectivity index (χ0n) is 18.9. The van der Waals surface area contributed by atoms with Gasteiger partial charge >= 0.3 is 0 Å². The molecule has 0 bridgehead atoms. The van der Waals surface area contributed by atoms with Crippen LogP contribution in [0.1, 0.15) is 24.2 Å². The van der Waals surface area contributed by atoms with Crippen LogP contribution in [0.25, 0.3) is 21.3 Å². The molecule has 0 spiro atoms. The molecule has 1 fully saturated rings. The van der Waals surface area contributed by atoms with Crippen molar-refractivity contribution in [2.45, 2.75) is 32.1 Å². The van der Waals surface area contributed by atoms with E-state index in [1.165, 1.54) is 0 Å². The number of amides is 1. The van der Waals surface area contributed by atoms with E-state index in [9.17, 15) is 4.79 Å². The SMILES string of the molecule is COCc1nc(NCc2cccc(NC(=O)C3CCCO3)c2)c2c(-c3ccccc3)csc2n1. The van der Waals surface area contributed by atoms with Gasteiger partial charge in [0.2, 0.25) is 0 Å². The van der Waals surface area contributed by atoms with Crippen LogP contribution in [-0.4, -0.2) is 35.7 Å². The van der Waals surface area contributed by atoms with Crippen molar-refractivity contribution in [3.63, 3.8) is 0 Å². The number of thiophene rings is 1. The quantitative estimate of drug-likeness (QED) is 0.364. The van der Waals surface area contributed by atoms with E-state index in [0.29, 0.717) is 25.6 Å². The van der Waals surface area contributed by atoms with Gasteiger partial charge in [0.1, 0.15) is 23.4 Å². The van der Waals surface area contributed by atoms with Crippen LogP contribution in [0.2, 0.25) is 0 Å². The number of methoxy groups -OCH3 is 1. The molecule has 3 heterocycles. The Kier molecular flexibility index (Phi) is 6.80. The summed E-state index contributed by atoms with van der Waals surface area (Å²) in [6.07, 6.45) is 1.34. The van der Waals surface area contributed by atoms with Crippen molar-refractivity contribution >= 4 is 39.0 Å². The van der Waals surface area contributed by atoms with Gasteiger partial charge in [-0.2, -0.15) is 0 Å². The van der Waals surface area contributed by atoms with Crippen LogP contribution in [0.3, 0.4) is 0 Å². The third-order valence-corrected chi connectivity index (χ3v) is 6.59. The zero-order valence-corrected chi connectivity index (χ0v) is 19.7. The second-order valence-electron chi connectivity index (χ2n) is 8.16. The van der Waals surface area contributed by atoms with Gasteiger partial charge in [0, 0.05) is 36.9 Å². The first-order valence-electron chi connectivity index (χ1n) is 11.3. The lowest BCUT2D eigenvalue weighted by molar-refractivity contribution is -0.124. The highest BCUT2D eigenvalue weighted by Crippen LogP contribution is 2.37. The molecular formula is C26H26N4O3S. The maximum absolute atomic E-state index is 12.4. The Morgan fingerprint density at radius 3 is 2.85 bits per heavy atom. The van der Waals surface area contributed by atoms with Gasteiger partial charge < -0.3 is 20.1 Å². The van der Waals surface area contributed by atoms with Crippen molar-refractivity contribution < 1.29 is 14.3 Å². The number of aromatic nitrogens is 2. The number of carbonyl (C=O) groups excluding carboxylic acids is 1. The summed E-state index contributed by atoms with van der Waals surface area (Å²) >= 11 is 1.60. The summed E-state index contributed by atoms with van der Waals surface area (Å²) in [5.41, 5.74) is 4.01. The minimum atomic E-state index is -0.356. The standard InChI is InChI=1S/C26H26N4O3S/c1-32-15-22-29-24(23-20(16-34-26(23)30-22)18-8-3-2-4-9-18)27-14-17-7-5-10-19(13-17)28-25(31)21-11-6-12-33-21/h2-5,7-10,13,16,21H,6,11-12,14-15H2,1H3,(H,28,31)(H,27,29,30). The molecule has 34 heavy (non-hydrogen) atoms.